The van der Waals surface area contributed by atoms with Crippen LogP contribution in [-0.2, 0) is 13.0 Å². The number of likely N-dealkylation sites (N-methyl/N-ethyl adjacent to an activating group) is 1. The quantitative estimate of drug-likeness (QED) is 0.394. The van der Waals surface area contributed by atoms with Crippen LogP contribution in [0.25, 0.3) is 38.1 Å². The molecule has 1 aromatic heterocycles. The van der Waals surface area contributed by atoms with Gasteiger partial charge in [-0.15, -0.1) is 0 Å². The molecule has 7 nitrogen and oxygen atoms in total. The third kappa shape index (κ3) is 3.57. The second-order valence-corrected chi connectivity index (χ2v) is 10.2. The normalized spacial score (nSPS) is 19.1. The van der Waals surface area contributed by atoms with Crippen LogP contribution in [0.1, 0.15) is 11.1 Å². The fourth-order valence-electron chi connectivity index (χ4n) is 6.08. The second-order valence-electron chi connectivity index (χ2n) is 10.2. The van der Waals surface area contributed by atoms with Gasteiger partial charge in [0.25, 0.3) is 0 Å². The van der Waals surface area contributed by atoms with Crippen LogP contribution in [0.5, 0.6) is 5.75 Å². The first-order valence-corrected chi connectivity index (χ1v) is 12.7. The SMILES string of the molecule is [C-]#[N+]c1cc2[nH]nc(-c3ccc4c(c3)OCC3CN(C)CCN43)c2cc1-c1c(F)ccc2c1CCNC2. The summed E-state index contributed by atoms with van der Waals surface area (Å²) in [6.45, 7) is 13.0. The number of rotatable bonds is 2. The summed E-state index contributed by atoms with van der Waals surface area (Å²) in [7, 11) is 2.15. The van der Waals surface area contributed by atoms with Crippen molar-refractivity contribution in [3.05, 3.63) is 70.8 Å². The fraction of sp³-hybridized carbons (Fsp3) is 0.310. The van der Waals surface area contributed by atoms with Crippen LogP contribution in [0.2, 0.25) is 0 Å². The zero-order valence-electron chi connectivity index (χ0n) is 20.6. The van der Waals surface area contributed by atoms with Gasteiger partial charge >= 0.3 is 0 Å². The van der Waals surface area contributed by atoms with Crippen molar-refractivity contribution < 1.29 is 9.13 Å². The summed E-state index contributed by atoms with van der Waals surface area (Å²) in [4.78, 5) is 8.55. The van der Waals surface area contributed by atoms with Gasteiger partial charge in [-0.3, -0.25) is 5.10 Å². The highest BCUT2D eigenvalue weighted by atomic mass is 19.1. The molecule has 1 fully saturated rings. The van der Waals surface area contributed by atoms with E-state index in [4.69, 9.17) is 11.3 Å². The molecule has 4 aromatic rings. The van der Waals surface area contributed by atoms with Gasteiger partial charge < -0.3 is 19.9 Å². The maximum absolute atomic E-state index is 15.3. The molecule has 2 N–H and O–H groups in total. The van der Waals surface area contributed by atoms with Crippen molar-refractivity contribution in [2.45, 2.75) is 19.0 Å². The number of aromatic amines is 1. The van der Waals surface area contributed by atoms with Crippen molar-refractivity contribution in [1.82, 2.24) is 20.4 Å². The standard InChI is InChI=1S/C29H27FN6O/c1-31-24-13-25-22(12-21(24)28-20-7-8-32-14-18(20)3-5-23(28)30)29(34-33-25)17-4-6-26-27(11-17)37-16-19-15-35(2)9-10-36(19)26/h3-6,11-13,19,32H,7-10,14-16H2,2H3,(H,33,34). The number of benzene rings is 3. The highest BCUT2D eigenvalue weighted by molar-refractivity contribution is 6.00. The average molecular weight is 495 g/mol. The first kappa shape index (κ1) is 22.3. The Labute approximate surface area is 214 Å². The zero-order chi connectivity index (χ0) is 25.1. The Bertz CT molecular complexity index is 1590. The van der Waals surface area contributed by atoms with Crippen molar-refractivity contribution in [2.75, 3.05) is 44.7 Å². The largest absolute Gasteiger partial charge is 0.489 e. The van der Waals surface area contributed by atoms with Gasteiger partial charge in [-0.25, -0.2) is 9.24 Å². The van der Waals surface area contributed by atoms with E-state index in [2.05, 4.69) is 55.4 Å². The van der Waals surface area contributed by atoms with E-state index in [-0.39, 0.29) is 5.82 Å². The smallest absolute Gasteiger partial charge is 0.197 e. The number of aromatic nitrogens is 2. The van der Waals surface area contributed by atoms with Crippen LogP contribution in [0.15, 0.2) is 42.5 Å². The number of halogens is 1. The number of anilines is 1. The Hall–Kier alpha value is -3.93. The fourth-order valence-corrected chi connectivity index (χ4v) is 6.08. The third-order valence-corrected chi connectivity index (χ3v) is 7.95. The van der Waals surface area contributed by atoms with Gasteiger partial charge in [-0.05, 0) is 61.0 Å². The molecule has 0 radical (unpaired) electrons. The third-order valence-electron chi connectivity index (χ3n) is 7.95. The summed E-state index contributed by atoms with van der Waals surface area (Å²) in [6, 6.07) is 13.7. The number of H-pyrrole nitrogens is 1. The van der Waals surface area contributed by atoms with E-state index in [1.54, 1.807) is 6.07 Å². The van der Waals surface area contributed by atoms with E-state index < -0.39 is 0 Å². The van der Waals surface area contributed by atoms with Crippen molar-refractivity contribution in [1.29, 1.82) is 0 Å². The molecule has 0 saturated carbocycles. The highest BCUT2D eigenvalue weighted by Gasteiger charge is 2.32. The van der Waals surface area contributed by atoms with Gasteiger partial charge in [0, 0.05) is 42.7 Å². The number of hydrogen-bond donors (Lipinski definition) is 2. The summed E-state index contributed by atoms with van der Waals surface area (Å²) in [5.74, 6) is 0.571. The molecule has 3 aliphatic rings. The van der Waals surface area contributed by atoms with E-state index in [0.717, 1.165) is 77.3 Å². The van der Waals surface area contributed by atoms with Gasteiger partial charge in [0.2, 0.25) is 0 Å². The Kier molecular flexibility index (Phi) is 5.17. The van der Waals surface area contributed by atoms with Crippen molar-refractivity contribution in [2.24, 2.45) is 0 Å². The predicted molar refractivity (Wildman–Crippen MR) is 143 cm³/mol. The molecule has 1 saturated heterocycles. The van der Waals surface area contributed by atoms with Gasteiger partial charge in [-0.2, -0.15) is 5.10 Å². The minimum absolute atomic E-state index is 0.293. The molecule has 1 unspecified atom stereocenters. The van der Waals surface area contributed by atoms with E-state index in [0.29, 0.717) is 36.0 Å². The lowest BCUT2D eigenvalue weighted by Crippen LogP contribution is -2.56. The van der Waals surface area contributed by atoms with Crippen LogP contribution in [-0.4, -0.2) is 61.0 Å². The minimum atomic E-state index is -0.293. The molecule has 3 aromatic carbocycles. The van der Waals surface area contributed by atoms with E-state index >= 15 is 4.39 Å². The monoisotopic (exact) mass is 494 g/mol. The highest BCUT2D eigenvalue weighted by Crippen LogP contribution is 2.43. The van der Waals surface area contributed by atoms with Crippen LogP contribution < -0.4 is 15.0 Å². The number of piperazine rings is 1. The molecule has 0 bridgehead atoms. The Balaban J connectivity index is 1.35. The van der Waals surface area contributed by atoms with E-state index in [9.17, 15) is 0 Å². The molecular formula is C29H27FN6O. The molecule has 7 rings (SSSR count). The Morgan fingerprint density at radius 2 is 2.08 bits per heavy atom. The maximum Gasteiger partial charge on any atom is 0.197 e. The van der Waals surface area contributed by atoms with Crippen molar-refractivity contribution in [3.8, 4) is 28.1 Å². The number of ether oxygens (including phenoxy) is 1. The van der Waals surface area contributed by atoms with Crippen LogP contribution in [0.3, 0.4) is 0 Å². The van der Waals surface area contributed by atoms with E-state index in [1.807, 2.05) is 12.1 Å². The maximum atomic E-state index is 15.3. The molecule has 4 heterocycles. The first-order chi connectivity index (χ1) is 18.1. The van der Waals surface area contributed by atoms with Crippen LogP contribution in [0, 0.1) is 12.4 Å². The minimum Gasteiger partial charge on any atom is -0.489 e. The molecular weight excluding hydrogens is 467 g/mol. The summed E-state index contributed by atoms with van der Waals surface area (Å²) < 4.78 is 21.5. The van der Waals surface area contributed by atoms with Crippen molar-refractivity contribution in [3.63, 3.8) is 0 Å². The van der Waals surface area contributed by atoms with Crippen LogP contribution in [0.4, 0.5) is 15.8 Å². The van der Waals surface area contributed by atoms with Gasteiger partial charge in [0.15, 0.2) is 5.69 Å². The van der Waals surface area contributed by atoms with Crippen LogP contribution >= 0.6 is 0 Å². The number of nitrogens with zero attached hydrogens (tertiary/aromatic N) is 4. The van der Waals surface area contributed by atoms with Gasteiger partial charge in [0.1, 0.15) is 18.2 Å². The summed E-state index contributed by atoms with van der Waals surface area (Å²) in [5, 5.41) is 11.9. The molecule has 37 heavy (non-hydrogen) atoms. The molecule has 8 heteroatoms. The van der Waals surface area contributed by atoms with Crippen molar-refractivity contribution >= 4 is 22.3 Å². The zero-order valence-corrected chi connectivity index (χ0v) is 20.6. The Morgan fingerprint density at radius 1 is 1.16 bits per heavy atom. The second kappa shape index (κ2) is 8.58. The van der Waals surface area contributed by atoms with Gasteiger partial charge in [0.05, 0.1) is 29.5 Å². The lowest BCUT2D eigenvalue weighted by molar-refractivity contribution is 0.188. The summed E-state index contributed by atoms with van der Waals surface area (Å²) >= 11 is 0. The lowest BCUT2D eigenvalue weighted by Gasteiger charge is -2.44. The number of nitrogens with one attached hydrogen (secondary N) is 2. The molecule has 186 valence electrons. The number of fused-ring (bicyclic) bond motifs is 5. The molecule has 1 atom stereocenters. The van der Waals surface area contributed by atoms with E-state index in [1.165, 1.54) is 6.07 Å². The topological polar surface area (TPSA) is 60.8 Å². The summed E-state index contributed by atoms with van der Waals surface area (Å²) in [5.41, 5.74) is 7.22. The molecule has 0 aliphatic carbocycles. The van der Waals surface area contributed by atoms with Gasteiger partial charge in [-0.1, -0.05) is 18.2 Å². The first-order valence-electron chi connectivity index (χ1n) is 12.7. The predicted octanol–water partition coefficient (Wildman–Crippen LogP) is 4.75. The number of hydrogen-bond acceptors (Lipinski definition) is 5. The lowest BCUT2D eigenvalue weighted by atomic mass is 9.89. The molecule has 0 spiro atoms. The molecule has 3 aliphatic heterocycles. The summed E-state index contributed by atoms with van der Waals surface area (Å²) in [6.07, 6.45) is 0.728. The molecule has 0 amide bonds. The Morgan fingerprint density at radius 3 is 2.97 bits per heavy atom. The average Bonchev–Trinajstić information content (AvgIpc) is 3.34.